The van der Waals surface area contributed by atoms with Crippen LogP contribution in [0.3, 0.4) is 0 Å². The predicted molar refractivity (Wildman–Crippen MR) is 76.5 cm³/mol. The predicted octanol–water partition coefficient (Wildman–Crippen LogP) is 4.99. The first-order valence-electron chi connectivity index (χ1n) is 8.27. The minimum absolute atomic E-state index is 0.438. The van der Waals surface area contributed by atoms with Crippen molar-refractivity contribution in [1.82, 2.24) is 0 Å². The van der Waals surface area contributed by atoms with E-state index in [0.29, 0.717) is 11.7 Å². The van der Waals surface area contributed by atoms with Crippen molar-refractivity contribution in [2.75, 3.05) is 0 Å². The maximum Gasteiger partial charge on any atom is 0.136 e. The summed E-state index contributed by atoms with van der Waals surface area (Å²) in [5.41, 5.74) is 0. The molecule has 0 spiro atoms. The fourth-order valence-corrected chi connectivity index (χ4v) is 4.26. The van der Waals surface area contributed by atoms with Gasteiger partial charge in [0.25, 0.3) is 0 Å². The smallest absolute Gasteiger partial charge is 0.136 e. The summed E-state index contributed by atoms with van der Waals surface area (Å²) in [6.45, 7) is 4.59. The molecular weight excluding hydrogens is 220 g/mol. The lowest BCUT2D eigenvalue weighted by atomic mass is 9.67. The van der Waals surface area contributed by atoms with E-state index in [4.69, 9.17) is 0 Å². The molecule has 104 valence electrons. The molecule has 2 aliphatic carbocycles. The Morgan fingerprint density at radius 3 is 2.33 bits per heavy atom. The van der Waals surface area contributed by atoms with Gasteiger partial charge in [-0.1, -0.05) is 46.0 Å². The highest BCUT2D eigenvalue weighted by Crippen LogP contribution is 2.41. The quantitative estimate of drug-likeness (QED) is 0.687. The van der Waals surface area contributed by atoms with Crippen LogP contribution in [0.1, 0.15) is 78.1 Å². The molecule has 0 saturated heterocycles. The summed E-state index contributed by atoms with van der Waals surface area (Å²) >= 11 is 0. The first-order valence-corrected chi connectivity index (χ1v) is 8.27. The van der Waals surface area contributed by atoms with Crippen molar-refractivity contribution in [3.05, 3.63) is 0 Å². The van der Waals surface area contributed by atoms with E-state index in [0.717, 1.165) is 24.2 Å². The molecular formula is C17H30O. The number of hydrogen-bond acceptors (Lipinski definition) is 1. The van der Waals surface area contributed by atoms with Crippen molar-refractivity contribution in [2.24, 2.45) is 23.7 Å². The van der Waals surface area contributed by atoms with E-state index >= 15 is 0 Å². The molecule has 0 heterocycles. The van der Waals surface area contributed by atoms with Gasteiger partial charge in [-0.2, -0.15) is 0 Å². The average Bonchev–Trinajstić information content (AvgIpc) is 2.41. The van der Waals surface area contributed by atoms with Gasteiger partial charge in [0.2, 0.25) is 0 Å². The zero-order valence-electron chi connectivity index (χ0n) is 12.3. The molecule has 0 N–H and O–H groups in total. The van der Waals surface area contributed by atoms with Gasteiger partial charge < -0.3 is 0 Å². The number of Topliss-reactive ketones (excluding diaryl/α,β-unsaturated/α-hetero) is 1. The normalized spacial score (nSPS) is 37.8. The second-order valence-corrected chi connectivity index (χ2v) is 6.69. The van der Waals surface area contributed by atoms with Gasteiger partial charge in [0.1, 0.15) is 5.78 Å². The van der Waals surface area contributed by atoms with Crippen LogP contribution >= 0.6 is 0 Å². The van der Waals surface area contributed by atoms with Crippen LogP contribution in [0.25, 0.3) is 0 Å². The van der Waals surface area contributed by atoms with Crippen LogP contribution in [0.15, 0.2) is 0 Å². The summed E-state index contributed by atoms with van der Waals surface area (Å²) in [4.78, 5) is 12.2. The SMILES string of the molecule is CCCC1CCC(=O)C(C2CCC(CC)CC2)C1. The highest BCUT2D eigenvalue weighted by atomic mass is 16.1. The van der Waals surface area contributed by atoms with Crippen molar-refractivity contribution in [3.63, 3.8) is 0 Å². The van der Waals surface area contributed by atoms with E-state index in [9.17, 15) is 4.79 Å². The van der Waals surface area contributed by atoms with Crippen molar-refractivity contribution in [2.45, 2.75) is 78.1 Å². The van der Waals surface area contributed by atoms with E-state index in [2.05, 4.69) is 13.8 Å². The van der Waals surface area contributed by atoms with Gasteiger partial charge in [-0.3, -0.25) is 4.79 Å². The van der Waals surface area contributed by atoms with E-state index < -0.39 is 0 Å². The Bertz CT molecular complexity index is 263. The van der Waals surface area contributed by atoms with Crippen LogP contribution < -0.4 is 0 Å². The molecule has 0 aromatic rings. The summed E-state index contributed by atoms with van der Waals surface area (Å²) in [7, 11) is 0. The van der Waals surface area contributed by atoms with Crippen LogP contribution in [0.4, 0.5) is 0 Å². The molecule has 2 unspecified atom stereocenters. The zero-order valence-corrected chi connectivity index (χ0v) is 12.3. The van der Waals surface area contributed by atoms with Crippen molar-refractivity contribution in [1.29, 1.82) is 0 Å². The molecule has 2 fully saturated rings. The summed E-state index contributed by atoms with van der Waals surface area (Å²) in [5, 5.41) is 0. The molecule has 2 atom stereocenters. The lowest BCUT2D eigenvalue weighted by Gasteiger charge is -2.37. The van der Waals surface area contributed by atoms with E-state index in [-0.39, 0.29) is 0 Å². The summed E-state index contributed by atoms with van der Waals surface area (Å²) in [6.07, 6.45) is 12.6. The molecule has 0 radical (unpaired) electrons. The van der Waals surface area contributed by atoms with Crippen LogP contribution in [0.2, 0.25) is 0 Å². The first-order chi connectivity index (χ1) is 8.74. The van der Waals surface area contributed by atoms with Gasteiger partial charge in [-0.25, -0.2) is 0 Å². The second kappa shape index (κ2) is 6.73. The topological polar surface area (TPSA) is 17.1 Å². The molecule has 1 heteroatoms. The summed E-state index contributed by atoms with van der Waals surface area (Å²) < 4.78 is 0. The molecule has 1 nitrogen and oxygen atoms in total. The Hall–Kier alpha value is -0.330. The Morgan fingerprint density at radius 2 is 1.72 bits per heavy atom. The number of rotatable bonds is 4. The highest BCUT2D eigenvalue weighted by molar-refractivity contribution is 5.82. The number of ketones is 1. The maximum absolute atomic E-state index is 12.2. The van der Waals surface area contributed by atoms with Crippen LogP contribution in [-0.2, 0) is 4.79 Å². The average molecular weight is 250 g/mol. The Balaban J connectivity index is 1.88. The Labute approximate surface area is 113 Å². The van der Waals surface area contributed by atoms with Gasteiger partial charge in [0.15, 0.2) is 0 Å². The summed E-state index contributed by atoms with van der Waals surface area (Å²) in [5.74, 6) is 3.57. The van der Waals surface area contributed by atoms with Gasteiger partial charge in [-0.15, -0.1) is 0 Å². The fourth-order valence-electron chi connectivity index (χ4n) is 4.26. The van der Waals surface area contributed by atoms with Crippen molar-refractivity contribution in [3.8, 4) is 0 Å². The first kappa shape index (κ1) is 14.1. The standard InChI is InChI=1S/C17H30O/c1-3-5-14-8-11-17(18)16(12-14)15-9-6-13(4-2)7-10-15/h13-16H,3-12H2,1-2H3. The monoisotopic (exact) mass is 250 g/mol. The van der Waals surface area contributed by atoms with Crippen LogP contribution in [-0.4, -0.2) is 5.78 Å². The van der Waals surface area contributed by atoms with Gasteiger partial charge in [-0.05, 0) is 43.4 Å². The number of hydrogen-bond donors (Lipinski definition) is 0. The zero-order chi connectivity index (χ0) is 13.0. The number of carbonyl (C=O) groups is 1. The third-order valence-corrected chi connectivity index (χ3v) is 5.53. The summed E-state index contributed by atoms with van der Waals surface area (Å²) in [6, 6.07) is 0. The van der Waals surface area contributed by atoms with Crippen molar-refractivity contribution >= 4 is 5.78 Å². The number of carbonyl (C=O) groups excluding carboxylic acids is 1. The maximum atomic E-state index is 12.2. The molecule has 0 bridgehead atoms. The fraction of sp³-hybridized carbons (Fsp3) is 0.941. The molecule has 2 aliphatic rings. The highest BCUT2D eigenvalue weighted by Gasteiger charge is 2.35. The van der Waals surface area contributed by atoms with E-state index in [1.807, 2.05) is 0 Å². The molecule has 0 aromatic heterocycles. The Morgan fingerprint density at radius 1 is 1.00 bits per heavy atom. The third-order valence-electron chi connectivity index (χ3n) is 5.53. The third kappa shape index (κ3) is 3.36. The van der Waals surface area contributed by atoms with Gasteiger partial charge in [0.05, 0.1) is 0 Å². The molecule has 0 aliphatic heterocycles. The van der Waals surface area contributed by atoms with Crippen LogP contribution in [0.5, 0.6) is 0 Å². The van der Waals surface area contributed by atoms with E-state index in [1.165, 1.54) is 57.8 Å². The molecule has 0 aromatic carbocycles. The minimum Gasteiger partial charge on any atom is -0.299 e. The lowest BCUT2D eigenvalue weighted by molar-refractivity contribution is -0.128. The lowest BCUT2D eigenvalue weighted by Crippen LogP contribution is -2.33. The van der Waals surface area contributed by atoms with E-state index in [1.54, 1.807) is 0 Å². The minimum atomic E-state index is 0.438. The molecule has 2 saturated carbocycles. The molecule has 0 amide bonds. The second-order valence-electron chi connectivity index (χ2n) is 6.69. The van der Waals surface area contributed by atoms with Gasteiger partial charge in [0, 0.05) is 12.3 Å². The van der Waals surface area contributed by atoms with Crippen molar-refractivity contribution < 1.29 is 4.79 Å². The van der Waals surface area contributed by atoms with Gasteiger partial charge >= 0.3 is 0 Å². The van der Waals surface area contributed by atoms with Crippen LogP contribution in [0, 0.1) is 23.7 Å². The largest absolute Gasteiger partial charge is 0.299 e. The Kier molecular flexibility index (Phi) is 5.26. The molecule has 2 rings (SSSR count). The molecule has 18 heavy (non-hydrogen) atoms.